The molecule has 2 rings (SSSR count). The van der Waals surface area contributed by atoms with Crippen molar-refractivity contribution in [2.75, 3.05) is 24.7 Å². The highest BCUT2D eigenvalue weighted by Crippen LogP contribution is 2.21. The number of imide groups is 1. The van der Waals surface area contributed by atoms with Gasteiger partial charge in [0.15, 0.2) is 0 Å². The first-order chi connectivity index (χ1) is 9.58. The highest BCUT2D eigenvalue weighted by Gasteiger charge is 2.35. The number of esters is 1. The molecule has 1 aliphatic heterocycles. The number of benzene rings is 1. The van der Waals surface area contributed by atoms with Crippen molar-refractivity contribution in [3.63, 3.8) is 0 Å². The smallest absolute Gasteiger partial charge is 0.338 e. The minimum Gasteiger partial charge on any atom is -0.462 e. The molecular weight excluding hydrogens is 262 g/mol. The molecule has 1 aromatic carbocycles. The topological polar surface area (TPSA) is 92.9 Å². The number of ether oxygens (including phenoxy) is 1. The normalized spacial score (nSPS) is 14.9. The molecule has 1 saturated heterocycles. The summed E-state index contributed by atoms with van der Waals surface area (Å²) < 4.78 is 4.87. The fraction of sp³-hybridized carbons (Fsp3) is 0.308. The van der Waals surface area contributed by atoms with E-state index in [4.69, 9.17) is 10.5 Å². The van der Waals surface area contributed by atoms with Gasteiger partial charge in [-0.2, -0.15) is 0 Å². The van der Waals surface area contributed by atoms with E-state index in [-0.39, 0.29) is 19.1 Å². The summed E-state index contributed by atoms with van der Waals surface area (Å²) in [5, 5.41) is 0. The third-order valence-corrected chi connectivity index (χ3v) is 2.93. The number of hydrogen-bond acceptors (Lipinski definition) is 5. The molecule has 2 N–H and O–H groups in total. The van der Waals surface area contributed by atoms with Gasteiger partial charge in [0.1, 0.15) is 6.54 Å². The molecule has 0 radical (unpaired) electrons. The molecule has 1 aliphatic rings. The van der Waals surface area contributed by atoms with Gasteiger partial charge >= 0.3 is 12.0 Å². The standard InChI is InChI=1S/C13H15N3O4/c1-2-20-12(18)9-3-5-10(6-4-9)15-7-11(17)16(8-14)13(15)19/h3-6H,2,7-8,14H2,1H3. The lowest BCUT2D eigenvalue weighted by molar-refractivity contribution is -0.124. The predicted molar refractivity (Wildman–Crippen MR) is 71.0 cm³/mol. The van der Waals surface area contributed by atoms with Crippen LogP contribution in [0.1, 0.15) is 17.3 Å². The Morgan fingerprint density at radius 2 is 1.95 bits per heavy atom. The second-order valence-corrected chi connectivity index (χ2v) is 4.14. The number of rotatable bonds is 4. The van der Waals surface area contributed by atoms with Gasteiger partial charge in [0.2, 0.25) is 0 Å². The van der Waals surface area contributed by atoms with Crippen molar-refractivity contribution in [2.24, 2.45) is 5.73 Å². The summed E-state index contributed by atoms with van der Waals surface area (Å²) in [5.74, 6) is -0.765. The highest BCUT2D eigenvalue weighted by atomic mass is 16.5. The Hall–Kier alpha value is -2.41. The van der Waals surface area contributed by atoms with E-state index in [1.165, 1.54) is 4.90 Å². The van der Waals surface area contributed by atoms with Crippen LogP contribution in [0.2, 0.25) is 0 Å². The van der Waals surface area contributed by atoms with Crippen LogP contribution in [-0.4, -0.2) is 42.6 Å². The van der Waals surface area contributed by atoms with Gasteiger partial charge in [-0.25, -0.2) is 14.5 Å². The fourth-order valence-corrected chi connectivity index (χ4v) is 1.91. The summed E-state index contributed by atoms with van der Waals surface area (Å²) in [4.78, 5) is 37.3. The molecule has 0 aliphatic carbocycles. The SMILES string of the molecule is CCOC(=O)c1ccc(N2CC(=O)N(CN)C2=O)cc1. The van der Waals surface area contributed by atoms with Crippen molar-refractivity contribution >= 4 is 23.6 Å². The van der Waals surface area contributed by atoms with Crippen LogP contribution in [0.25, 0.3) is 0 Å². The molecule has 0 unspecified atom stereocenters. The van der Waals surface area contributed by atoms with Crippen LogP contribution in [-0.2, 0) is 9.53 Å². The molecule has 1 aromatic rings. The van der Waals surface area contributed by atoms with Crippen LogP contribution in [0, 0.1) is 0 Å². The zero-order valence-electron chi connectivity index (χ0n) is 11.0. The van der Waals surface area contributed by atoms with Gasteiger partial charge in [-0.05, 0) is 31.2 Å². The first kappa shape index (κ1) is 14.0. The summed E-state index contributed by atoms with van der Waals surface area (Å²) in [6.45, 7) is 1.83. The van der Waals surface area contributed by atoms with Gasteiger partial charge in [0.05, 0.1) is 18.8 Å². The Morgan fingerprint density at radius 3 is 2.45 bits per heavy atom. The van der Waals surface area contributed by atoms with Crippen molar-refractivity contribution < 1.29 is 19.1 Å². The Bertz CT molecular complexity index is 541. The second kappa shape index (κ2) is 5.70. The van der Waals surface area contributed by atoms with Crippen molar-refractivity contribution in [2.45, 2.75) is 6.92 Å². The Kier molecular flexibility index (Phi) is 3.99. The Labute approximate surface area is 115 Å². The van der Waals surface area contributed by atoms with Gasteiger partial charge in [-0.15, -0.1) is 0 Å². The molecule has 1 fully saturated rings. The third kappa shape index (κ3) is 2.48. The van der Waals surface area contributed by atoms with Crippen molar-refractivity contribution in [3.8, 4) is 0 Å². The molecule has 0 saturated carbocycles. The molecule has 1 heterocycles. The van der Waals surface area contributed by atoms with Gasteiger partial charge < -0.3 is 10.5 Å². The minimum atomic E-state index is -0.457. The quantitative estimate of drug-likeness (QED) is 0.640. The summed E-state index contributed by atoms with van der Waals surface area (Å²) in [6.07, 6.45) is 0. The first-order valence-electron chi connectivity index (χ1n) is 6.17. The first-order valence-corrected chi connectivity index (χ1v) is 6.17. The van der Waals surface area contributed by atoms with Gasteiger partial charge in [-0.1, -0.05) is 0 Å². The van der Waals surface area contributed by atoms with Crippen LogP contribution < -0.4 is 10.6 Å². The molecule has 0 bridgehead atoms. The maximum absolute atomic E-state index is 11.9. The molecule has 7 nitrogen and oxygen atoms in total. The number of urea groups is 1. The monoisotopic (exact) mass is 277 g/mol. The van der Waals surface area contributed by atoms with Gasteiger partial charge in [-0.3, -0.25) is 9.69 Å². The number of anilines is 1. The van der Waals surface area contributed by atoms with E-state index in [0.717, 1.165) is 4.90 Å². The number of nitrogens with two attached hydrogens (primary N) is 1. The maximum atomic E-state index is 11.9. The van der Waals surface area contributed by atoms with Crippen LogP contribution in [0.5, 0.6) is 0 Å². The summed E-state index contributed by atoms with van der Waals surface area (Å²) >= 11 is 0. The Balaban J connectivity index is 2.17. The molecule has 106 valence electrons. The van der Waals surface area contributed by atoms with E-state index in [0.29, 0.717) is 17.9 Å². The molecule has 20 heavy (non-hydrogen) atoms. The zero-order chi connectivity index (χ0) is 14.7. The predicted octanol–water partition coefficient (Wildman–Crippen LogP) is 0.548. The second-order valence-electron chi connectivity index (χ2n) is 4.14. The van der Waals surface area contributed by atoms with E-state index in [1.54, 1.807) is 31.2 Å². The van der Waals surface area contributed by atoms with Crippen LogP contribution in [0.3, 0.4) is 0 Å². The van der Waals surface area contributed by atoms with Crippen LogP contribution in [0.4, 0.5) is 10.5 Å². The Morgan fingerprint density at radius 1 is 1.30 bits per heavy atom. The molecule has 7 heteroatoms. The zero-order valence-corrected chi connectivity index (χ0v) is 11.0. The average Bonchev–Trinajstić information content (AvgIpc) is 2.74. The summed E-state index contributed by atoms with van der Waals surface area (Å²) in [5.41, 5.74) is 6.28. The number of carbonyl (C=O) groups excluding carboxylic acids is 3. The van der Waals surface area contributed by atoms with E-state index in [9.17, 15) is 14.4 Å². The molecule has 0 aromatic heterocycles. The van der Waals surface area contributed by atoms with Crippen molar-refractivity contribution in [3.05, 3.63) is 29.8 Å². The molecule has 0 atom stereocenters. The number of nitrogens with zero attached hydrogens (tertiary/aromatic N) is 2. The van der Waals surface area contributed by atoms with E-state index < -0.39 is 12.0 Å². The van der Waals surface area contributed by atoms with E-state index in [1.807, 2.05) is 0 Å². The fourth-order valence-electron chi connectivity index (χ4n) is 1.91. The number of hydrogen-bond donors (Lipinski definition) is 1. The van der Waals surface area contributed by atoms with Gasteiger partial charge in [0, 0.05) is 5.69 Å². The average molecular weight is 277 g/mol. The molecule has 3 amide bonds. The van der Waals surface area contributed by atoms with Crippen molar-refractivity contribution in [1.82, 2.24) is 4.90 Å². The van der Waals surface area contributed by atoms with Crippen LogP contribution >= 0.6 is 0 Å². The van der Waals surface area contributed by atoms with E-state index in [2.05, 4.69) is 0 Å². The lowest BCUT2D eigenvalue weighted by atomic mass is 10.2. The van der Waals surface area contributed by atoms with Crippen LogP contribution in [0.15, 0.2) is 24.3 Å². The van der Waals surface area contributed by atoms with E-state index >= 15 is 0 Å². The lowest BCUT2D eigenvalue weighted by Gasteiger charge is -2.16. The molecule has 0 spiro atoms. The highest BCUT2D eigenvalue weighted by molar-refractivity contribution is 6.12. The lowest BCUT2D eigenvalue weighted by Crippen LogP contribution is -2.37. The minimum absolute atomic E-state index is 0.0468. The third-order valence-electron chi connectivity index (χ3n) is 2.93. The van der Waals surface area contributed by atoms with Gasteiger partial charge in [0.25, 0.3) is 5.91 Å². The van der Waals surface area contributed by atoms with Crippen molar-refractivity contribution in [1.29, 1.82) is 0 Å². The maximum Gasteiger partial charge on any atom is 0.338 e. The molecular formula is C13H15N3O4. The number of amides is 3. The summed E-state index contributed by atoms with van der Waals surface area (Å²) in [7, 11) is 0. The summed E-state index contributed by atoms with van der Waals surface area (Å²) in [6, 6.07) is 5.84. The number of carbonyl (C=O) groups is 3. The largest absolute Gasteiger partial charge is 0.462 e.